The van der Waals surface area contributed by atoms with E-state index in [1.807, 2.05) is 0 Å². The molecule has 1 aliphatic carbocycles. The molecule has 1 saturated carbocycles. The van der Waals surface area contributed by atoms with E-state index < -0.39 is 42.0 Å². The highest BCUT2D eigenvalue weighted by molar-refractivity contribution is 5.83. The molecule has 198 valence electrons. The molecule has 0 spiro atoms. The fourth-order valence-corrected chi connectivity index (χ4v) is 4.96. The number of aliphatic hydroxyl groups is 3. The Balaban J connectivity index is 1.72. The van der Waals surface area contributed by atoms with Crippen molar-refractivity contribution < 1.29 is 42.8 Å². The Kier molecular flexibility index (Phi) is 11.7. The fourth-order valence-electron chi connectivity index (χ4n) is 4.96. The van der Waals surface area contributed by atoms with Crippen molar-refractivity contribution in [3.05, 3.63) is 35.4 Å². The lowest BCUT2D eigenvalue weighted by molar-refractivity contribution is -0.158. The average Bonchev–Trinajstić information content (AvgIpc) is 3.04. The number of rotatable bonds is 13. The molecule has 6 nitrogen and oxygen atoms in total. The molecule has 0 saturated heterocycles. The molecule has 2 rings (SSSR count). The minimum Gasteiger partial charge on any atom is -0.393 e. The number of aryl methyl sites for hydroxylation is 1. The van der Waals surface area contributed by atoms with Crippen molar-refractivity contribution >= 4 is 11.9 Å². The summed E-state index contributed by atoms with van der Waals surface area (Å²) in [5, 5.41) is 31.2. The van der Waals surface area contributed by atoms with Crippen molar-refractivity contribution in [3.8, 4) is 0 Å². The van der Waals surface area contributed by atoms with Crippen molar-refractivity contribution in [1.82, 2.24) is 0 Å². The van der Waals surface area contributed by atoms with Gasteiger partial charge in [-0.2, -0.15) is 13.2 Å². The largest absolute Gasteiger partial charge is 0.416 e. The Morgan fingerprint density at radius 2 is 1.69 bits per heavy atom. The number of ether oxygens (including phenoxy) is 1. The number of aliphatic hydroxyl groups excluding tert-OH is 3. The van der Waals surface area contributed by atoms with Crippen LogP contribution in [0.15, 0.2) is 24.3 Å². The van der Waals surface area contributed by atoms with Gasteiger partial charge in [-0.15, -0.1) is 0 Å². The Bertz CT molecular complexity index is 813. The van der Waals surface area contributed by atoms with Crippen molar-refractivity contribution in [1.29, 1.82) is 0 Å². The number of carbonyl (C=O) groups excluding carboxylic acids is 2. The molecule has 9 heteroatoms. The zero-order chi connectivity index (χ0) is 26.0. The molecule has 5 atom stereocenters. The van der Waals surface area contributed by atoms with Crippen LogP contribution in [0.3, 0.4) is 0 Å². The lowest BCUT2D eigenvalue weighted by Crippen LogP contribution is -2.24. The van der Waals surface area contributed by atoms with Gasteiger partial charge in [-0.1, -0.05) is 37.5 Å². The molecule has 1 aromatic carbocycles. The standard InChI is InChI=1S/C26H37F3O6/c1-17(30)35-25(34)10-5-3-2-4-9-21-22(24(33)16-23(21)32)14-13-20(31)12-11-18-7-6-8-19(15-18)26(27,28)29/h6-8,15,20-24,31-33H,2-5,9-14,16H2,1H3. The zero-order valence-corrected chi connectivity index (χ0v) is 20.2. The smallest absolute Gasteiger partial charge is 0.393 e. The minimum atomic E-state index is -4.40. The minimum absolute atomic E-state index is 0.0802. The maximum Gasteiger partial charge on any atom is 0.416 e. The quantitative estimate of drug-likeness (QED) is 0.207. The van der Waals surface area contributed by atoms with Crippen LogP contribution in [0, 0.1) is 11.8 Å². The summed E-state index contributed by atoms with van der Waals surface area (Å²) in [6, 6.07) is 5.10. The number of carbonyl (C=O) groups is 2. The molecular weight excluding hydrogens is 465 g/mol. The number of unbranched alkanes of at least 4 members (excludes halogenated alkanes) is 3. The van der Waals surface area contributed by atoms with Gasteiger partial charge in [-0.3, -0.25) is 9.59 Å². The molecule has 5 unspecified atom stereocenters. The third-order valence-corrected chi connectivity index (χ3v) is 6.80. The van der Waals surface area contributed by atoms with Crippen LogP contribution in [0.4, 0.5) is 13.2 Å². The van der Waals surface area contributed by atoms with E-state index in [-0.39, 0.29) is 18.3 Å². The molecule has 1 fully saturated rings. The van der Waals surface area contributed by atoms with Crippen molar-refractivity contribution in [2.45, 2.75) is 102 Å². The maximum absolute atomic E-state index is 12.9. The van der Waals surface area contributed by atoms with Gasteiger partial charge >= 0.3 is 18.1 Å². The molecule has 35 heavy (non-hydrogen) atoms. The summed E-state index contributed by atoms with van der Waals surface area (Å²) in [7, 11) is 0. The number of hydrogen-bond acceptors (Lipinski definition) is 6. The van der Waals surface area contributed by atoms with Gasteiger partial charge in [-0.05, 0) is 68.4 Å². The Morgan fingerprint density at radius 3 is 2.34 bits per heavy atom. The fraction of sp³-hybridized carbons (Fsp3) is 0.692. The van der Waals surface area contributed by atoms with Crippen LogP contribution in [0.5, 0.6) is 0 Å². The predicted octanol–water partition coefficient (Wildman–Crippen LogP) is 4.57. The van der Waals surface area contributed by atoms with Gasteiger partial charge in [0.25, 0.3) is 0 Å². The van der Waals surface area contributed by atoms with Gasteiger partial charge in [-0.25, -0.2) is 0 Å². The lowest BCUT2D eigenvalue weighted by atomic mass is 9.84. The molecule has 0 heterocycles. The number of halogens is 3. The molecule has 0 aromatic heterocycles. The lowest BCUT2D eigenvalue weighted by Gasteiger charge is -2.24. The van der Waals surface area contributed by atoms with Gasteiger partial charge in [0.1, 0.15) is 0 Å². The Labute approximate surface area is 204 Å². The van der Waals surface area contributed by atoms with Gasteiger partial charge < -0.3 is 20.1 Å². The van der Waals surface area contributed by atoms with E-state index in [1.54, 1.807) is 6.07 Å². The normalized spacial score (nSPS) is 23.3. The first-order chi connectivity index (χ1) is 16.5. The number of hydrogen-bond donors (Lipinski definition) is 3. The van der Waals surface area contributed by atoms with Gasteiger partial charge in [0.15, 0.2) is 0 Å². The molecule has 0 amide bonds. The van der Waals surface area contributed by atoms with E-state index in [2.05, 4.69) is 4.74 Å². The van der Waals surface area contributed by atoms with Crippen LogP contribution < -0.4 is 0 Å². The van der Waals surface area contributed by atoms with Crippen molar-refractivity contribution in [2.24, 2.45) is 11.8 Å². The van der Waals surface area contributed by atoms with Gasteiger partial charge in [0.05, 0.1) is 23.9 Å². The van der Waals surface area contributed by atoms with E-state index in [0.717, 1.165) is 37.8 Å². The number of alkyl halides is 3. The van der Waals surface area contributed by atoms with Crippen LogP contribution in [-0.4, -0.2) is 45.6 Å². The highest BCUT2D eigenvalue weighted by Gasteiger charge is 2.40. The monoisotopic (exact) mass is 502 g/mol. The first-order valence-electron chi connectivity index (χ1n) is 12.4. The van der Waals surface area contributed by atoms with Gasteiger partial charge in [0.2, 0.25) is 0 Å². The first kappa shape index (κ1) is 29.3. The van der Waals surface area contributed by atoms with Crippen LogP contribution in [-0.2, 0) is 26.9 Å². The second-order valence-corrected chi connectivity index (χ2v) is 9.58. The highest BCUT2D eigenvalue weighted by Crippen LogP contribution is 2.39. The molecular formula is C26H37F3O6. The highest BCUT2D eigenvalue weighted by atomic mass is 19.4. The average molecular weight is 503 g/mol. The van der Waals surface area contributed by atoms with Crippen molar-refractivity contribution in [2.75, 3.05) is 0 Å². The second kappa shape index (κ2) is 13.9. The first-order valence-corrected chi connectivity index (χ1v) is 12.4. The van der Waals surface area contributed by atoms with Crippen LogP contribution in [0.1, 0.15) is 82.3 Å². The summed E-state index contributed by atoms with van der Waals surface area (Å²) < 4.78 is 43.1. The molecule has 1 aromatic rings. The Morgan fingerprint density at radius 1 is 1.03 bits per heavy atom. The van der Waals surface area contributed by atoms with Crippen LogP contribution >= 0.6 is 0 Å². The topological polar surface area (TPSA) is 104 Å². The molecule has 3 N–H and O–H groups in total. The summed E-state index contributed by atoms with van der Waals surface area (Å²) in [6.45, 7) is 1.19. The third-order valence-electron chi connectivity index (χ3n) is 6.80. The van der Waals surface area contributed by atoms with E-state index in [1.165, 1.54) is 13.0 Å². The summed E-state index contributed by atoms with van der Waals surface area (Å²) in [5.74, 6) is -1.36. The van der Waals surface area contributed by atoms with Crippen molar-refractivity contribution in [3.63, 3.8) is 0 Å². The number of benzene rings is 1. The van der Waals surface area contributed by atoms with E-state index in [4.69, 9.17) is 0 Å². The SMILES string of the molecule is CC(=O)OC(=O)CCCCCCC1C(O)CC(O)C1CCC(O)CCc1cccc(C(F)(F)F)c1. The predicted molar refractivity (Wildman–Crippen MR) is 123 cm³/mol. The summed E-state index contributed by atoms with van der Waals surface area (Å²) in [5.41, 5.74) is -0.186. The molecule has 1 aliphatic rings. The number of esters is 2. The Hall–Kier alpha value is -1.97. The summed E-state index contributed by atoms with van der Waals surface area (Å²) in [4.78, 5) is 22.1. The third kappa shape index (κ3) is 10.3. The van der Waals surface area contributed by atoms with E-state index in [0.29, 0.717) is 44.1 Å². The van der Waals surface area contributed by atoms with Crippen LogP contribution in [0.2, 0.25) is 0 Å². The summed E-state index contributed by atoms with van der Waals surface area (Å²) >= 11 is 0. The second-order valence-electron chi connectivity index (χ2n) is 9.58. The molecule has 0 radical (unpaired) electrons. The van der Waals surface area contributed by atoms with E-state index >= 15 is 0 Å². The summed E-state index contributed by atoms with van der Waals surface area (Å²) in [6.07, 6.45) is -0.493. The molecule has 0 aliphatic heterocycles. The van der Waals surface area contributed by atoms with E-state index in [9.17, 15) is 38.1 Å². The maximum atomic E-state index is 12.9. The zero-order valence-electron chi connectivity index (χ0n) is 20.2. The van der Waals surface area contributed by atoms with Gasteiger partial charge in [0, 0.05) is 13.3 Å². The molecule has 0 bridgehead atoms. The van der Waals surface area contributed by atoms with Crippen LogP contribution in [0.25, 0.3) is 0 Å².